The number of aliphatic hydroxyl groups is 1. The highest BCUT2D eigenvalue weighted by Crippen LogP contribution is 2.30. The van der Waals surface area contributed by atoms with Gasteiger partial charge in [-0.05, 0) is 24.3 Å². The van der Waals surface area contributed by atoms with Gasteiger partial charge < -0.3 is 15.2 Å². The summed E-state index contributed by atoms with van der Waals surface area (Å²) in [6.07, 6.45) is -2.60. The molecule has 0 spiro atoms. The van der Waals surface area contributed by atoms with Crippen LogP contribution in [0.2, 0.25) is 0 Å². The van der Waals surface area contributed by atoms with Gasteiger partial charge >= 0.3 is 6.18 Å². The molecule has 0 radical (unpaired) electrons. The van der Waals surface area contributed by atoms with E-state index in [1.165, 1.54) is 24.5 Å². The van der Waals surface area contributed by atoms with Crippen LogP contribution in [0.25, 0.3) is 0 Å². The summed E-state index contributed by atoms with van der Waals surface area (Å²) in [5.41, 5.74) is -0.683. The van der Waals surface area contributed by atoms with Gasteiger partial charge in [0.25, 0.3) is 0 Å². The first-order valence-electron chi connectivity index (χ1n) is 6.83. The Labute approximate surface area is 135 Å². The summed E-state index contributed by atoms with van der Waals surface area (Å²) in [6, 6.07) is 6.02. The third-order valence-electron chi connectivity index (χ3n) is 2.93. The Morgan fingerprint density at radius 1 is 1.21 bits per heavy atom. The molecule has 6 nitrogen and oxygen atoms in total. The first-order chi connectivity index (χ1) is 11.4. The minimum atomic E-state index is -4.41. The molecule has 0 bridgehead atoms. The predicted octanol–water partition coefficient (Wildman–Crippen LogP) is 2.22. The molecule has 24 heavy (non-hydrogen) atoms. The van der Waals surface area contributed by atoms with Crippen LogP contribution < -0.4 is 10.1 Å². The number of halogens is 3. The number of hydrogen-bond acceptors (Lipinski definition) is 6. The van der Waals surface area contributed by atoms with Crippen molar-refractivity contribution in [3.63, 3.8) is 0 Å². The lowest BCUT2D eigenvalue weighted by Gasteiger charge is -2.14. The summed E-state index contributed by atoms with van der Waals surface area (Å²) in [6.45, 7) is -0.103. The Bertz CT molecular complexity index is 714. The number of ether oxygens (including phenoxy) is 1. The van der Waals surface area contributed by atoms with Crippen molar-refractivity contribution in [1.82, 2.24) is 9.97 Å². The van der Waals surface area contributed by atoms with Crippen LogP contribution in [-0.2, 0) is 6.18 Å². The van der Waals surface area contributed by atoms with Crippen molar-refractivity contribution < 1.29 is 23.0 Å². The molecule has 0 fully saturated rings. The summed E-state index contributed by atoms with van der Waals surface area (Å²) in [5, 5.41) is 21.4. The van der Waals surface area contributed by atoms with Crippen molar-refractivity contribution >= 4 is 5.82 Å². The number of aliphatic hydroxyl groups excluding tert-OH is 1. The van der Waals surface area contributed by atoms with E-state index >= 15 is 0 Å². The zero-order chi connectivity index (χ0) is 17.6. The topological polar surface area (TPSA) is 91.1 Å². The van der Waals surface area contributed by atoms with Crippen LogP contribution >= 0.6 is 0 Å². The van der Waals surface area contributed by atoms with E-state index in [1.807, 2.05) is 6.07 Å². The second kappa shape index (κ2) is 7.61. The van der Waals surface area contributed by atoms with Crippen LogP contribution in [0.15, 0.2) is 36.7 Å². The maximum Gasteiger partial charge on any atom is 0.416 e. The van der Waals surface area contributed by atoms with Gasteiger partial charge in [0.05, 0.1) is 5.56 Å². The molecule has 0 aliphatic heterocycles. The Morgan fingerprint density at radius 2 is 1.88 bits per heavy atom. The average Bonchev–Trinajstić information content (AvgIpc) is 2.58. The lowest BCUT2D eigenvalue weighted by Crippen LogP contribution is -2.27. The number of aromatic nitrogens is 2. The number of rotatable bonds is 6. The number of alkyl halides is 3. The molecule has 0 aliphatic carbocycles. The standard InChI is InChI=1S/C15H13F3N4O2/c16-15(17,18)10-1-3-12(4-2-10)24-9-11(23)8-22-14-13(7-19)20-5-6-21-14/h1-6,11,23H,8-9H2,(H,21,22). The van der Waals surface area contributed by atoms with E-state index in [4.69, 9.17) is 10.00 Å². The Kier molecular flexibility index (Phi) is 5.55. The van der Waals surface area contributed by atoms with Gasteiger partial charge in [0, 0.05) is 18.9 Å². The number of benzene rings is 1. The number of nitrogens with zero attached hydrogens (tertiary/aromatic N) is 3. The molecular formula is C15H13F3N4O2. The van der Waals surface area contributed by atoms with Gasteiger partial charge in [-0.25, -0.2) is 9.97 Å². The zero-order valence-electron chi connectivity index (χ0n) is 12.3. The fourth-order valence-electron chi connectivity index (χ4n) is 1.76. The van der Waals surface area contributed by atoms with Crippen molar-refractivity contribution in [2.75, 3.05) is 18.5 Å². The van der Waals surface area contributed by atoms with Crippen molar-refractivity contribution in [1.29, 1.82) is 5.26 Å². The Hall–Kier alpha value is -2.86. The van der Waals surface area contributed by atoms with Crippen molar-refractivity contribution in [3.8, 4) is 11.8 Å². The molecule has 1 aromatic carbocycles. The summed E-state index contributed by atoms with van der Waals surface area (Å²) in [7, 11) is 0. The molecule has 1 atom stereocenters. The summed E-state index contributed by atoms with van der Waals surface area (Å²) >= 11 is 0. The first kappa shape index (κ1) is 17.5. The van der Waals surface area contributed by atoms with Crippen LogP contribution in [-0.4, -0.2) is 34.3 Å². The highest BCUT2D eigenvalue weighted by molar-refractivity contribution is 5.46. The minimum Gasteiger partial charge on any atom is -0.491 e. The Balaban J connectivity index is 1.83. The third kappa shape index (κ3) is 4.82. The zero-order valence-corrected chi connectivity index (χ0v) is 12.3. The second-order valence-electron chi connectivity index (χ2n) is 4.73. The van der Waals surface area contributed by atoms with Crippen LogP contribution in [0, 0.1) is 11.3 Å². The van der Waals surface area contributed by atoms with Gasteiger partial charge in [0.2, 0.25) is 0 Å². The van der Waals surface area contributed by atoms with Gasteiger partial charge in [-0.1, -0.05) is 0 Å². The maximum atomic E-state index is 12.4. The van der Waals surface area contributed by atoms with E-state index in [9.17, 15) is 18.3 Å². The quantitative estimate of drug-likeness (QED) is 0.839. The third-order valence-corrected chi connectivity index (χ3v) is 2.93. The molecule has 9 heteroatoms. The van der Waals surface area contributed by atoms with Gasteiger partial charge in [-0.15, -0.1) is 0 Å². The Morgan fingerprint density at radius 3 is 2.50 bits per heavy atom. The molecule has 126 valence electrons. The second-order valence-corrected chi connectivity index (χ2v) is 4.73. The summed E-state index contributed by atoms with van der Waals surface area (Å²) in [4.78, 5) is 7.72. The number of nitrogens with one attached hydrogen (secondary N) is 1. The fourth-order valence-corrected chi connectivity index (χ4v) is 1.76. The van der Waals surface area contributed by atoms with Crippen molar-refractivity contribution in [3.05, 3.63) is 47.9 Å². The molecule has 1 unspecified atom stereocenters. The highest BCUT2D eigenvalue weighted by Gasteiger charge is 2.30. The fraction of sp³-hybridized carbons (Fsp3) is 0.267. The lowest BCUT2D eigenvalue weighted by molar-refractivity contribution is -0.137. The van der Waals surface area contributed by atoms with Crippen LogP contribution in [0.3, 0.4) is 0 Å². The highest BCUT2D eigenvalue weighted by atomic mass is 19.4. The molecule has 0 amide bonds. The molecule has 2 rings (SSSR count). The lowest BCUT2D eigenvalue weighted by atomic mass is 10.2. The normalized spacial score (nSPS) is 12.3. The van der Waals surface area contributed by atoms with E-state index in [0.29, 0.717) is 0 Å². The molecule has 2 aromatic rings. The number of hydrogen-bond donors (Lipinski definition) is 2. The van der Waals surface area contributed by atoms with Gasteiger partial charge in [-0.3, -0.25) is 0 Å². The number of nitriles is 1. The monoisotopic (exact) mass is 338 g/mol. The molecule has 0 saturated heterocycles. The molecule has 0 saturated carbocycles. The van der Waals surface area contributed by atoms with E-state index in [0.717, 1.165) is 12.1 Å². The minimum absolute atomic E-state index is 0.0357. The van der Waals surface area contributed by atoms with Crippen molar-refractivity contribution in [2.45, 2.75) is 12.3 Å². The molecule has 2 N–H and O–H groups in total. The van der Waals surface area contributed by atoms with E-state index in [1.54, 1.807) is 0 Å². The molecule has 1 aromatic heterocycles. The van der Waals surface area contributed by atoms with Gasteiger partial charge in [0.15, 0.2) is 11.5 Å². The van der Waals surface area contributed by atoms with E-state index in [2.05, 4.69) is 15.3 Å². The van der Waals surface area contributed by atoms with Gasteiger partial charge in [0.1, 0.15) is 24.5 Å². The average molecular weight is 338 g/mol. The van der Waals surface area contributed by atoms with E-state index < -0.39 is 17.8 Å². The summed E-state index contributed by atoms with van der Waals surface area (Å²) in [5.74, 6) is 0.438. The van der Waals surface area contributed by atoms with Crippen LogP contribution in [0.1, 0.15) is 11.3 Å². The maximum absolute atomic E-state index is 12.4. The summed E-state index contributed by atoms with van der Waals surface area (Å²) < 4.78 is 42.5. The van der Waals surface area contributed by atoms with Crippen molar-refractivity contribution in [2.24, 2.45) is 0 Å². The first-order valence-corrected chi connectivity index (χ1v) is 6.83. The van der Waals surface area contributed by atoms with Crippen LogP contribution in [0.5, 0.6) is 5.75 Å². The van der Waals surface area contributed by atoms with Gasteiger partial charge in [-0.2, -0.15) is 18.4 Å². The smallest absolute Gasteiger partial charge is 0.416 e. The largest absolute Gasteiger partial charge is 0.491 e. The van der Waals surface area contributed by atoms with Crippen LogP contribution in [0.4, 0.5) is 19.0 Å². The SMILES string of the molecule is N#Cc1nccnc1NCC(O)COc1ccc(C(F)(F)F)cc1. The number of anilines is 1. The molecular weight excluding hydrogens is 325 g/mol. The predicted molar refractivity (Wildman–Crippen MR) is 78.2 cm³/mol. The molecule has 0 aliphatic rings. The molecule has 1 heterocycles. The van der Waals surface area contributed by atoms with E-state index in [-0.39, 0.29) is 30.4 Å².